The summed E-state index contributed by atoms with van der Waals surface area (Å²) in [4.78, 5) is 12.5. The summed E-state index contributed by atoms with van der Waals surface area (Å²) in [6.07, 6.45) is 2.11. The number of halogens is 3. The predicted molar refractivity (Wildman–Crippen MR) is 211 cm³/mol. The predicted octanol–water partition coefficient (Wildman–Crippen LogP) is 8.28. The van der Waals surface area contributed by atoms with Crippen molar-refractivity contribution in [1.29, 1.82) is 5.26 Å². The van der Waals surface area contributed by atoms with Crippen LogP contribution in [0.5, 0.6) is 0 Å². The smallest absolute Gasteiger partial charge is 0.304 e. The van der Waals surface area contributed by atoms with Crippen LogP contribution in [0, 0.1) is 11.3 Å². The Morgan fingerprint density at radius 3 is 1.94 bits per heavy atom. The fraction of sp³-hybridized carbons (Fsp3) is 0.656. The minimum Gasteiger partial charge on any atom is -0.416 e. The van der Waals surface area contributed by atoms with Crippen molar-refractivity contribution < 1.29 is 17.3 Å². The highest BCUT2D eigenvalue weighted by molar-refractivity contribution is 14.1. The van der Waals surface area contributed by atoms with E-state index in [2.05, 4.69) is 101 Å². The molecule has 48 heavy (non-hydrogen) atoms. The van der Waals surface area contributed by atoms with Crippen LogP contribution in [-0.4, -0.2) is 76.4 Å². The van der Waals surface area contributed by atoms with Gasteiger partial charge in [0, 0.05) is 24.1 Å². The molecule has 0 N–H and O–H groups in total. The van der Waals surface area contributed by atoms with Gasteiger partial charge in [-0.3, -0.25) is 9.10 Å². The Balaban J connectivity index is 0.000000623. The molecular weight excluding hydrogens is 820 g/mol. The summed E-state index contributed by atoms with van der Waals surface area (Å²) in [6, 6.07) is 8.23. The Labute approximate surface area is 313 Å². The number of anilines is 1. The fourth-order valence-electron chi connectivity index (χ4n) is 4.33. The van der Waals surface area contributed by atoms with Crippen LogP contribution in [0.1, 0.15) is 66.0 Å². The molecule has 1 aliphatic rings. The number of nitriles is 1. The summed E-state index contributed by atoms with van der Waals surface area (Å²) in [5, 5.41) is 13.6. The van der Waals surface area contributed by atoms with Crippen LogP contribution in [0.3, 0.4) is 0 Å². The minimum atomic E-state index is -3.92. The Kier molecular flexibility index (Phi) is 15.7. The van der Waals surface area contributed by atoms with Gasteiger partial charge in [-0.25, -0.2) is 4.68 Å². The summed E-state index contributed by atoms with van der Waals surface area (Å²) >= 11 is 14.2. The van der Waals surface area contributed by atoms with E-state index in [1.165, 1.54) is 19.5 Å². The van der Waals surface area contributed by atoms with Gasteiger partial charge in [0.1, 0.15) is 5.02 Å². The van der Waals surface area contributed by atoms with E-state index in [9.17, 15) is 13.2 Å². The van der Waals surface area contributed by atoms with E-state index in [1.54, 1.807) is 24.3 Å². The number of alkyl halides is 1. The van der Waals surface area contributed by atoms with E-state index in [1.807, 2.05) is 0 Å². The fourth-order valence-corrected chi connectivity index (χ4v) is 8.95. The molecule has 0 bridgehead atoms. The van der Waals surface area contributed by atoms with Gasteiger partial charge in [-0.05, 0) is 73.4 Å². The molecule has 3 rings (SSSR count). The molecule has 0 unspecified atom stereocenters. The van der Waals surface area contributed by atoms with E-state index in [0.717, 1.165) is 11.0 Å². The molecule has 2 heterocycles. The second-order valence-electron chi connectivity index (χ2n) is 14.8. The zero-order chi connectivity index (χ0) is 36.7. The van der Waals surface area contributed by atoms with Crippen LogP contribution >= 0.6 is 45.8 Å². The number of benzene rings is 1. The minimum absolute atomic E-state index is 0.0102. The Morgan fingerprint density at radius 2 is 1.48 bits per heavy atom. The highest BCUT2D eigenvalue weighted by Gasteiger charge is 2.39. The highest BCUT2D eigenvalue weighted by atomic mass is 127. The molecule has 0 radical (unpaired) electrons. The lowest BCUT2D eigenvalue weighted by atomic mass is 10.1. The first-order chi connectivity index (χ1) is 22.0. The number of hydrogen-bond donors (Lipinski definition) is 0. The van der Waals surface area contributed by atoms with Gasteiger partial charge >= 0.3 is 10.2 Å². The molecule has 1 aromatic carbocycles. The molecule has 0 atom stereocenters. The third kappa shape index (κ3) is 11.2. The first-order valence-corrected chi connectivity index (χ1v) is 25.5. The number of piperidine rings is 1. The van der Waals surface area contributed by atoms with Crippen LogP contribution in [-0.2, 0) is 19.1 Å². The number of rotatable bonds is 11. The molecule has 10 nitrogen and oxygen atoms in total. The van der Waals surface area contributed by atoms with Gasteiger partial charge in [-0.15, -0.1) is 0 Å². The summed E-state index contributed by atoms with van der Waals surface area (Å²) < 4.78 is 44.9. The van der Waals surface area contributed by atoms with Crippen molar-refractivity contribution in [3.8, 4) is 6.07 Å². The third-order valence-corrected chi connectivity index (χ3v) is 21.7. The molecular formula is C32H52Cl2IN5O5SSi2. The molecule has 1 saturated heterocycles. The Bertz CT molecular complexity index is 1570. The van der Waals surface area contributed by atoms with Crippen molar-refractivity contribution >= 4 is 78.3 Å². The molecule has 0 amide bonds. The molecule has 2 aromatic rings. The lowest BCUT2D eigenvalue weighted by molar-refractivity contribution is 0.253. The maximum Gasteiger partial charge on any atom is 0.304 e. The summed E-state index contributed by atoms with van der Waals surface area (Å²) in [5.41, 5.74) is 0.416. The lowest BCUT2D eigenvalue weighted by Gasteiger charge is -2.38. The molecule has 1 aromatic heterocycles. The number of aromatic nitrogens is 2. The van der Waals surface area contributed by atoms with Gasteiger partial charge in [0.2, 0.25) is 0 Å². The average molecular weight is 873 g/mol. The van der Waals surface area contributed by atoms with Crippen molar-refractivity contribution in [2.75, 3.05) is 41.6 Å². The van der Waals surface area contributed by atoms with Crippen molar-refractivity contribution in [1.82, 2.24) is 14.1 Å². The first-order valence-electron chi connectivity index (χ1n) is 16.0. The summed E-state index contributed by atoms with van der Waals surface area (Å²) in [5.74, 6) is 0. The van der Waals surface area contributed by atoms with Crippen molar-refractivity contribution in [3.63, 3.8) is 0 Å². The SMILES string of the molecule is CC(C)(C)[Si](C)(C)OCCI.CC(C)(C)[Si](C)(C)OCCN(c1ccc(C#N)cc1)S(=O)(=O)N1CCC(n2ncc(Cl)c(Cl)c2=O)CC1. The summed E-state index contributed by atoms with van der Waals surface area (Å²) in [7, 11) is -7.43. The Hall–Kier alpha value is -1.04. The van der Waals surface area contributed by atoms with E-state index in [-0.39, 0.29) is 47.4 Å². The van der Waals surface area contributed by atoms with Gasteiger partial charge in [-0.1, -0.05) is 87.3 Å². The second kappa shape index (κ2) is 17.5. The second-order valence-corrected chi connectivity index (χ2v) is 28.2. The quantitative estimate of drug-likeness (QED) is 0.127. The standard InChI is InChI=1S/C24H33Cl2N5O4SSi.C8H19IOSi/c1-24(2,3)37(4,5)35-15-14-30(19-8-6-18(16-27)7-9-19)36(33,34)29-12-10-20(11-13-29)31-23(32)22(26)21(25)17-28-31;1-8(2,3)11(4,5)10-7-6-9/h6-9,17,20H,10-15H2,1-5H3;6-7H2,1-5H3. The van der Waals surface area contributed by atoms with Crippen LogP contribution in [0.25, 0.3) is 0 Å². The zero-order valence-electron chi connectivity index (χ0n) is 29.9. The topological polar surface area (TPSA) is 118 Å². The van der Waals surface area contributed by atoms with E-state index >= 15 is 0 Å². The molecule has 0 aliphatic carbocycles. The number of hydrogen-bond acceptors (Lipinski definition) is 7. The van der Waals surface area contributed by atoms with Crippen molar-refractivity contribution in [3.05, 3.63) is 56.4 Å². The van der Waals surface area contributed by atoms with Crippen LogP contribution in [0.2, 0.25) is 46.3 Å². The largest absolute Gasteiger partial charge is 0.416 e. The van der Waals surface area contributed by atoms with Gasteiger partial charge in [-0.2, -0.15) is 23.1 Å². The van der Waals surface area contributed by atoms with Gasteiger partial charge in [0.15, 0.2) is 16.6 Å². The molecule has 270 valence electrons. The normalized spacial score (nSPS) is 15.4. The molecule has 0 saturated carbocycles. The lowest BCUT2D eigenvalue weighted by Crippen LogP contribution is -2.50. The van der Waals surface area contributed by atoms with Crippen molar-refractivity contribution in [2.24, 2.45) is 0 Å². The maximum atomic E-state index is 13.8. The average Bonchev–Trinajstić information content (AvgIpc) is 3.00. The highest BCUT2D eigenvalue weighted by Crippen LogP contribution is 2.37. The van der Waals surface area contributed by atoms with Gasteiger partial charge in [0.25, 0.3) is 5.56 Å². The third-order valence-electron chi connectivity index (χ3n) is 9.47. The first kappa shape index (κ1) is 43.1. The van der Waals surface area contributed by atoms with E-state index < -0.39 is 32.4 Å². The zero-order valence-corrected chi connectivity index (χ0v) is 36.4. The van der Waals surface area contributed by atoms with Crippen LogP contribution < -0.4 is 9.86 Å². The van der Waals surface area contributed by atoms with E-state index in [4.69, 9.17) is 37.3 Å². The maximum absolute atomic E-state index is 13.8. The number of nitrogens with zero attached hydrogens (tertiary/aromatic N) is 5. The van der Waals surface area contributed by atoms with Crippen molar-refractivity contribution in [2.45, 2.75) is 96.7 Å². The summed E-state index contributed by atoms with van der Waals surface area (Å²) in [6.45, 7) is 23.7. The molecule has 16 heteroatoms. The molecule has 1 aliphatic heterocycles. The van der Waals surface area contributed by atoms with E-state index in [0.29, 0.717) is 29.1 Å². The van der Waals surface area contributed by atoms with Crippen LogP contribution in [0.4, 0.5) is 5.69 Å². The monoisotopic (exact) mass is 871 g/mol. The van der Waals surface area contributed by atoms with Crippen LogP contribution in [0.15, 0.2) is 35.3 Å². The molecule has 1 fully saturated rings. The van der Waals surface area contributed by atoms with Gasteiger partial charge < -0.3 is 8.85 Å². The van der Waals surface area contributed by atoms with Gasteiger partial charge in [0.05, 0.1) is 47.7 Å². The Morgan fingerprint density at radius 1 is 0.979 bits per heavy atom. The molecule has 0 spiro atoms.